The fraction of sp³-hybridized carbons (Fsp3) is 0.417. The summed E-state index contributed by atoms with van der Waals surface area (Å²) < 4.78 is 13.8. The molecule has 1 saturated carbocycles. The first kappa shape index (κ1) is 11.6. The predicted octanol–water partition coefficient (Wildman–Crippen LogP) is 3.53. The summed E-state index contributed by atoms with van der Waals surface area (Å²) in [5.41, 5.74) is 0.925. The number of nitriles is 1. The van der Waals surface area contributed by atoms with Gasteiger partial charge in [0.05, 0.1) is 12.0 Å². The van der Waals surface area contributed by atoms with Crippen LogP contribution in [0.15, 0.2) is 18.2 Å². The molecular formula is C12H12FIN2. The van der Waals surface area contributed by atoms with E-state index in [4.69, 9.17) is 5.26 Å². The predicted molar refractivity (Wildman–Crippen MR) is 69.5 cm³/mol. The van der Waals surface area contributed by atoms with Gasteiger partial charge >= 0.3 is 0 Å². The molecular weight excluding hydrogens is 318 g/mol. The van der Waals surface area contributed by atoms with Gasteiger partial charge in [0.25, 0.3) is 0 Å². The van der Waals surface area contributed by atoms with E-state index in [2.05, 4.69) is 34.0 Å². The van der Waals surface area contributed by atoms with Crippen LogP contribution in [0.3, 0.4) is 0 Å². The molecule has 0 bridgehead atoms. The lowest BCUT2D eigenvalue weighted by molar-refractivity contribution is 0.621. The third-order valence-electron chi connectivity index (χ3n) is 2.95. The maximum atomic E-state index is 12.9. The molecule has 1 aromatic carbocycles. The van der Waals surface area contributed by atoms with Gasteiger partial charge in [0, 0.05) is 15.3 Å². The van der Waals surface area contributed by atoms with Gasteiger partial charge in [-0.3, -0.25) is 0 Å². The van der Waals surface area contributed by atoms with E-state index < -0.39 is 0 Å². The van der Waals surface area contributed by atoms with E-state index in [0.29, 0.717) is 0 Å². The molecule has 0 aliphatic heterocycles. The van der Waals surface area contributed by atoms with E-state index in [0.717, 1.165) is 28.5 Å². The highest BCUT2D eigenvalue weighted by Gasteiger charge is 2.27. The normalized spacial score (nSPS) is 24.1. The number of nitrogens with zero attached hydrogens (tertiary/aromatic N) is 1. The number of anilines is 1. The van der Waals surface area contributed by atoms with Crippen molar-refractivity contribution in [2.24, 2.45) is 5.92 Å². The second kappa shape index (κ2) is 5.00. The third kappa shape index (κ3) is 2.46. The molecule has 2 unspecified atom stereocenters. The average molecular weight is 330 g/mol. The molecule has 1 aliphatic carbocycles. The van der Waals surface area contributed by atoms with E-state index in [9.17, 15) is 4.39 Å². The zero-order valence-corrected chi connectivity index (χ0v) is 10.9. The van der Waals surface area contributed by atoms with Crippen LogP contribution in [-0.2, 0) is 0 Å². The van der Waals surface area contributed by atoms with Crippen LogP contribution in [0, 0.1) is 26.6 Å². The molecule has 0 amide bonds. The van der Waals surface area contributed by atoms with Gasteiger partial charge in [0.15, 0.2) is 0 Å². The van der Waals surface area contributed by atoms with Crippen molar-refractivity contribution in [3.05, 3.63) is 27.6 Å². The highest BCUT2D eigenvalue weighted by atomic mass is 127. The number of rotatable bonds is 2. The molecule has 1 aromatic rings. The molecule has 2 atom stereocenters. The number of hydrogen-bond donors (Lipinski definition) is 1. The maximum Gasteiger partial charge on any atom is 0.124 e. The SMILES string of the molecule is N#CC1CCCC1Nc1ccc(F)cc1I. The van der Waals surface area contributed by atoms with Gasteiger partial charge in [0.1, 0.15) is 5.82 Å². The summed E-state index contributed by atoms with van der Waals surface area (Å²) in [7, 11) is 0. The highest BCUT2D eigenvalue weighted by Crippen LogP contribution is 2.29. The van der Waals surface area contributed by atoms with E-state index in [1.807, 2.05) is 0 Å². The van der Waals surface area contributed by atoms with Crippen molar-refractivity contribution < 1.29 is 4.39 Å². The van der Waals surface area contributed by atoms with Crippen LogP contribution >= 0.6 is 22.6 Å². The van der Waals surface area contributed by atoms with Crippen LogP contribution in [0.4, 0.5) is 10.1 Å². The van der Waals surface area contributed by atoms with Gasteiger partial charge in [0.2, 0.25) is 0 Å². The van der Waals surface area contributed by atoms with Crippen molar-refractivity contribution in [2.45, 2.75) is 25.3 Å². The van der Waals surface area contributed by atoms with Crippen molar-refractivity contribution in [3.8, 4) is 6.07 Å². The van der Waals surface area contributed by atoms with Gasteiger partial charge in [-0.15, -0.1) is 0 Å². The minimum absolute atomic E-state index is 0.0841. The average Bonchev–Trinajstić information content (AvgIpc) is 2.69. The van der Waals surface area contributed by atoms with Crippen LogP contribution in [0.25, 0.3) is 0 Å². The Hall–Kier alpha value is -0.830. The summed E-state index contributed by atoms with van der Waals surface area (Å²) in [4.78, 5) is 0. The van der Waals surface area contributed by atoms with E-state index in [1.54, 1.807) is 6.07 Å². The van der Waals surface area contributed by atoms with Crippen LogP contribution in [0.2, 0.25) is 0 Å². The van der Waals surface area contributed by atoms with Gasteiger partial charge in [-0.2, -0.15) is 5.26 Å². The van der Waals surface area contributed by atoms with Gasteiger partial charge in [-0.05, 0) is 60.1 Å². The van der Waals surface area contributed by atoms with Gasteiger partial charge < -0.3 is 5.32 Å². The first-order valence-electron chi connectivity index (χ1n) is 5.32. The molecule has 0 spiro atoms. The Labute approximate surface area is 108 Å². The summed E-state index contributed by atoms with van der Waals surface area (Å²) in [5.74, 6) is -0.140. The third-order valence-corrected chi connectivity index (χ3v) is 3.85. The lowest BCUT2D eigenvalue weighted by Crippen LogP contribution is -2.23. The number of halogens is 2. The fourth-order valence-electron chi connectivity index (χ4n) is 2.09. The molecule has 2 rings (SSSR count). The minimum Gasteiger partial charge on any atom is -0.380 e. The van der Waals surface area contributed by atoms with Gasteiger partial charge in [-0.1, -0.05) is 0 Å². The van der Waals surface area contributed by atoms with Gasteiger partial charge in [-0.25, -0.2) is 4.39 Å². The quantitative estimate of drug-likeness (QED) is 0.842. The summed E-state index contributed by atoms with van der Waals surface area (Å²) >= 11 is 2.11. The molecule has 0 radical (unpaired) electrons. The zero-order valence-electron chi connectivity index (χ0n) is 8.71. The van der Waals surface area contributed by atoms with Crippen LogP contribution in [-0.4, -0.2) is 6.04 Å². The monoisotopic (exact) mass is 330 g/mol. The Morgan fingerprint density at radius 1 is 1.44 bits per heavy atom. The second-order valence-electron chi connectivity index (χ2n) is 4.04. The first-order valence-corrected chi connectivity index (χ1v) is 6.40. The van der Waals surface area contributed by atoms with E-state index in [1.165, 1.54) is 12.1 Å². The molecule has 16 heavy (non-hydrogen) atoms. The number of hydrogen-bond acceptors (Lipinski definition) is 2. The fourth-order valence-corrected chi connectivity index (χ4v) is 2.73. The molecule has 1 fully saturated rings. The van der Waals surface area contributed by atoms with Crippen molar-refractivity contribution in [2.75, 3.05) is 5.32 Å². The second-order valence-corrected chi connectivity index (χ2v) is 5.20. The summed E-state index contributed by atoms with van der Waals surface area (Å²) in [6.45, 7) is 0. The molecule has 1 aliphatic rings. The minimum atomic E-state index is -0.224. The Morgan fingerprint density at radius 2 is 2.25 bits per heavy atom. The Bertz CT molecular complexity index is 428. The van der Waals surface area contributed by atoms with Crippen LogP contribution in [0.5, 0.6) is 0 Å². The lowest BCUT2D eigenvalue weighted by Gasteiger charge is -2.18. The molecule has 0 aromatic heterocycles. The molecule has 84 valence electrons. The summed E-state index contributed by atoms with van der Waals surface area (Å²) in [5, 5.41) is 12.3. The zero-order chi connectivity index (χ0) is 11.5. The molecule has 0 heterocycles. The van der Waals surface area contributed by atoms with Crippen molar-refractivity contribution in [1.29, 1.82) is 5.26 Å². The van der Waals surface area contributed by atoms with Crippen LogP contribution in [0.1, 0.15) is 19.3 Å². The van der Waals surface area contributed by atoms with Crippen molar-refractivity contribution in [3.63, 3.8) is 0 Å². The topological polar surface area (TPSA) is 35.8 Å². The van der Waals surface area contributed by atoms with E-state index >= 15 is 0 Å². The van der Waals surface area contributed by atoms with Crippen LogP contribution < -0.4 is 5.32 Å². The van der Waals surface area contributed by atoms with E-state index in [-0.39, 0.29) is 17.8 Å². The number of benzene rings is 1. The van der Waals surface area contributed by atoms with Crippen molar-refractivity contribution >= 4 is 28.3 Å². The summed E-state index contributed by atoms with van der Waals surface area (Å²) in [6.07, 6.45) is 3.07. The first-order chi connectivity index (χ1) is 7.70. The molecule has 2 nitrogen and oxygen atoms in total. The largest absolute Gasteiger partial charge is 0.380 e. The Kier molecular flexibility index (Phi) is 3.64. The lowest BCUT2D eigenvalue weighted by atomic mass is 10.1. The number of nitrogens with one attached hydrogen (secondary N) is 1. The van der Waals surface area contributed by atoms with Crippen molar-refractivity contribution in [1.82, 2.24) is 0 Å². The standard InChI is InChI=1S/C12H12FIN2/c13-9-4-5-12(10(14)6-9)16-11-3-1-2-8(11)7-15/h4-6,8,11,16H,1-3H2. The summed E-state index contributed by atoms with van der Waals surface area (Å²) in [6, 6.07) is 7.22. The Balaban J connectivity index is 2.12. The Morgan fingerprint density at radius 3 is 2.94 bits per heavy atom. The highest BCUT2D eigenvalue weighted by molar-refractivity contribution is 14.1. The molecule has 1 N–H and O–H groups in total. The smallest absolute Gasteiger partial charge is 0.124 e. The molecule has 0 saturated heterocycles. The molecule has 4 heteroatoms. The maximum absolute atomic E-state index is 12.9.